The Kier molecular flexibility index (Phi) is 4.53. The van der Waals surface area contributed by atoms with Crippen LogP contribution in [0.3, 0.4) is 0 Å². The molecule has 3 heteroatoms. The van der Waals surface area contributed by atoms with E-state index in [9.17, 15) is 4.79 Å². The van der Waals surface area contributed by atoms with Crippen LogP contribution in [-0.4, -0.2) is 41.9 Å². The van der Waals surface area contributed by atoms with E-state index in [1.54, 1.807) is 0 Å². The number of carbonyl (C=O) groups excluding carboxylic acids is 1. The number of hydrogen-bond donors (Lipinski definition) is 0. The lowest BCUT2D eigenvalue weighted by Gasteiger charge is -2.40. The largest absolute Gasteiger partial charge is 0.342 e. The lowest BCUT2D eigenvalue weighted by atomic mass is 9.79. The Labute approximate surface area is 134 Å². The molecule has 1 spiro atoms. The van der Waals surface area contributed by atoms with Gasteiger partial charge in [0.05, 0.1) is 0 Å². The highest BCUT2D eigenvalue weighted by Crippen LogP contribution is 2.39. The summed E-state index contributed by atoms with van der Waals surface area (Å²) in [4.78, 5) is 16.7. The Morgan fingerprint density at radius 1 is 1.23 bits per heavy atom. The van der Waals surface area contributed by atoms with E-state index in [0.29, 0.717) is 17.7 Å². The fraction of sp³-hybridized carbons (Fsp3) is 0.632. The third-order valence-corrected chi connectivity index (χ3v) is 5.32. The molecule has 0 aliphatic carbocycles. The first-order chi connectivity index (χ1) is 10.6. The molecule has 0 saturated carbocycles. The molecule has 1 aromatic rings. The van der Waals surface area contributed by atoms with E-state index < -0.39 is 0 Å². The number of rotatable bonds is 3. The second-order valence-corrected chi connectivity index (χ2v) is 7.22. The molecule has 0 N–H and O–H groups in total. The van der Waals surface area contributed by atoms with Gasteiger partial charge in [0.25, 0.3) is 0 Å². The van der Waals surface area contributed by atoms with E-state index >= 15 is 0 Å². The van der Waals surface area contributed by atoms with Crippen molar-refractivity contribution in [3.05, 3.63) is 35.4 Å². The van der Waals surface area contributed by atoms with Crippen LogP contribution in [0.15, 0.2) is 24.3 Å². The third-order valence-electron chi connectivity index (χ3n) is 5.32. The lowest BCUT2D eigenvalue weighted by molar-refractivity contribution is -0.130. The summed E-state index contributed by atoms with van der Waals surface area (Å²) in [6.45, 7) is 9.45. The predicted octanol–water partition coefficient (Wildman–Crippen LogP) is 3.22. The lowest BCUT2D eigenvalue weighted by Crippen LogP contribution is -2.44. The monoisotopic (exact) mass is 300 g/mol. The molecule has 2 heterocycles. The number of likely N-dealkylation sites (tertiary alicyclic amines) is 2. The highest BCUT2D eigenvalue weighted by atomic mass is 16.2. The normalized spacial score (nSPS) is 25.8. The zero-order chi connectivity index (χ0) is 15.6. The van der Waals surface area contributed by atoms with Crippen LogP contribution in [0.25, 0.3) is 0 Å². The standard InChI is InChI=1S/C19H28N2O/c1-3-18(22)21-11-9-19(15-21)8-5-10-20(14-19)13-17-7-4-6-16(2)12-17/h4,6-7,12H,3,5,8-11,13-15H2,1-2H3. The van der Waals surface area contributed by atoms with Gasteiger partial charge in [0.15, 0.2) is 0 Å². The van der Waals surface area contributed by atoms with Gasteiger partial charge in [-0.05, 0) is 38.3 Å². The molecule has 1 unspecified atom stereocenters. The SMILES string of the molecule is CCC(=O)N1CCC2(CCCN(Cc3cccc(C)c3)C2)C1. The van der Waals surface area contributed by atoms with Crippen LogP contribution in [0, 0.1) is 12.3 Å². The first-order valence-corrected chi connectivity index (χ1v) is 8.66. The van der Waals surface area contributed by atoms with Crippen molar-refractivity contribution in [1.82, 2.24) is 9.80 Å². The summed E-state index contributed by atoms with van der Waals surface area (Å²) < 4.78 is 0. The second kappa shape index (κ2) is 6.41. The van der Waals surface area contributed by atoms with E-state index in [1.165, 1.54) is 36.9 Å². The van der Waals surface area contributed by atoms with E-state index in [2.05, 4.69) is 41.0 Å². The van der Waals surface area contributed by atoms with Crippen molar-refractivity contribution >= 4 is 5.91 Å². The zero-order valence-corrected chi connectivity index (χ0v) is 14.0. The Morgan fingerprint density at radius 3 is 2.86 bits per heavy atom. The summed E-state index contributed by atoms with van der Waals surface area (Å²) in [6.07, 6.45) is 4.37. The van der Waals surface area contributed by atoms with Crippen molar-refractivity contribution in [3.8, 4) is 0 Å². The van der Waals surface area contributed by atoms with Gasteiger partial charge in [-0.25, -0.2) is 0 Å². The maximum absolute atomic E-state index is 12.0. The Bertz CT molecular complexity index is 542. The molecule has 0 radical (unpaired) electrons. The van der Waals surface area contributed by atoms with Gasteiger partial charge in [-0.3, -0.25) is 9.69 Å². The van der Waals surface area contributed by atoms with Crippen molar-refractivity contribution < 1.29 is 4.79 Å². The Morgan fingerprint density at radius 2 is 2.09 bits per heavy atom. The minimum absolute atomic E-state index is 0.327. The summed E-state index contributed by atoms with van der Waals surface area (Å²) in [5, 5.41) is 0. The number of benzene rings is 1. The molecule has 120 valence electrons. The minimum atomic E-state index is 0.327. The maximum Gasteiger partial charge on any atom is 0.222 e. The van der Waals surface area contributed by atoms with Crippen LogP contribution in [-0.2, 0) is 11.3 Å². The summed E-state index contributed by atoms with van der Waals surface area (Å²) in [5.74, 6) is 0.327. The number of aryl methyl sites for hydroxylation is 1. The van der Waals surface area contributed by atoms with E-state index in [1.807, 2.05) is 6.92 Å². The average Bonchev–Trinajstić information content (AvgIpc) is 2.90. The molecular weight excluding hydrogens is 272 g/mol. The van der Waals surface area contributed by atoms with Gasteiger partial charge in [-0.2, -0.15) is 0 Å². The number of amides is 1. The molecule has 2 aliphatic rings. The second-order valence-electron chi connectivity index (χ2n) is 7.22. The third kappa shape index (κ3) is 3.35. The highest BCUT2D eigenvalue weighted by Gasteiger charge is 2.42. The molecule has 2 fully saturated rings. The maximum atomic E-state index is 12.0. The van der Waals surface area contributed by atoms with Gasteiger partial charge in [-0.15, -0.1) is 0 Å². The van der Waals surface area contributed by atoms with Crippen LogP contribution in [0.2, 0.25) is 0 Å². The van der Waals surface area contributed by atoms with Gasteiger partial charge >= 0.3 is 0 Å². The zero-order valence-electron chi connectivity index (χ0n) is 14.0. The first-order valence-electron chi connectivity index (χ1n) is 8.66. The summed E-state index contributed by atoms with van der Waals surface area (Å²) in [7, 11) is 0. The van der Waals surface area contributed by atoms with Crippen molar-refractivity contribution in [2.75, 3.05) is 26.2 Å². The van der Waals surface area contributed by atoms with Crippen LogP contribution < -0.4 is 0 Å². The number of piperidine rings is 1. The van der Waals surface area contributed by atoms with Gasteiger partial charge in [0.1, 0.15) is 0 Å². The quantitative estimate of drug-likeness (QED) is 0.856. The molecule has 3 rings (SSSR count). The summed E-state index contributed by atoms with van der Waals surface area (Å²) >= 11 is 0. The molecule has 0 bridgehead atoms. The molecule has 1 atom stereocenters. The van der Waals surface area contributed by atoms with Crippen LogP contribution in [0.4, 0.5) is 0 Å². The van der Waals surface area contributed by atoms with Crippen molar-refractivity contribution in [1.29, 1.82) is 0 Å². The van der Waals surface area contributed by atoms with Crippen molar-refractivity contribution in [2.45, 2.75) is 46.1 Å². The number of carbonyl (C=O) groups is 1. The van der Waals surface area contributed by atoms with Gasteiger partial charge < -0.3 is 4.90 Å². The fourth-order valence-electron chi connectivity index (χ4n) is 4.22. The summed E-state index contributed by atoms with van der Waals surface area (Å²) in [6, 6.07) is 8.84. The molecule has 2 saturated heterocycles. The highest BCUT2D eigenvalue weighted by molar-refractivity contribution is 5.76. The molecule has 3 nitrogen and oxygen atoms in total. The number of nitrogens with zero attached hydrogens (tertiary/aromatic N) is 2. The van der Waals surface area contributed by atoms with Gasteiger partial charge in [0.2, 0.25) is 5.91 Å². The topological polar surface area (TPSA) is 23.6 Å². The number of hydrogen-bond acceptors (Lipinski definition) is 2. The molecule has 1 aromatic carbocycles. The van der Waals surface area contributed by atoms with Crippen LogP contribution in [0.5, 0.6) is 0 Å². The molecular formula is C19H28N2O. The van der Waals surface area contributed by atoms with Crippen molar-refractivity contribution in [2.24, 2.45) is 5.41 Å². The summed E-state index contributed by atoms with van der Waals surface area (Å²) in [5.41, 5.74) is 3.11. The van der Waals surface area contributed by atoms with Crippen molar-refractivity contribution in [3.63, 3.8) is 0 Å². The fourth-order valence-corrected chi connectivity index (χ4v) is 4.22. The minimum Gasteiger partial charge on any atom is -0.342 e. The Hall–Kier alpha value is -1.35. The molecule has 0 aromatic heterocycles. The van der Waals surface area contributed by atoms with Crippen LogP contribution >= 0.6 is 0 Å². The smallest absolute Gasteiger partial charge is 0.222 e. The molecule has 22 heavy (non-hydrogen) atoms. The first kappa shape index (κ1) is 15.5. The van der Waals surface area contributed by atoms with E-state index in [0.717, 1.165) is 26.2 Å². The Balaban J connectivity index is 1.63. The molecule has 1 amide bonds. The van der Waals surface area contributed by atoms with E-state index in [-0.39, 0.29) is 0 Å². The van der Waals surface area contributed by atoms with E-state index in [4.69, 9.17) is 0 Å². The van der Waals surface area contributed by atoms with Crippen LogP contribution in [0.1, 0.15) is 43.7 Å². The molecule has 2 aliphatic heterocycles. The predicted molar refractivity (Wildman–Crippen MR) is 89.6 cm³/mol. The average molecular weight is 300 g/mol. The van der Waals surface area contributed by atoms with Gasteiger partial charge in [-0.1, -0.05) is 36.8 Å². The van der Waals surface area contributed by atoms with Gasteiger partial charge in [0, 0.05) is 38.0 Å².